The Morgan fingerprint density at radius 2 is 1.58 bits per heavy atom. The minimum absolute atomic E-state index is 0.0152. The number of aromatic carboxylic acids is 1. The van der Waals surface area contributed by atoms with Crippen molar-refractivity contribution in [1.29, 1.82) is 0 Å². The van der Waals surface area contributed by atoms with Crippen LogP contribution in [0.3, 0.4) is 0 Å². The first kappa shape index (κ1) is 17.7. The van der Waals surface area contributed by atoms with Gasteiger partial charge in [-0.3, -0.25) is 9.59 Å². The molecule has 1 saturated heterocycles. The normalized spacial score (nSPS) is 14.7. The van der Waals surface area contributed by atoms with E-state index in [4.69, 9.17) is 5.11 Å². The number of benzene rings is 2. The molecule has 2 aromatic rings. The second-order valence-corrected chi connectivity index (χ2v) is 6.31. The van der Waals surface area contributed by atoms with Crippen molar-refractivity contribution in [3.63, 3.8) is 0 Å². The molecule has 0 atom stereocenters. The molecule has 1 aliphatic rings. The van der Waals surface area contributed by atoms with Crippen LogP contribution in [0.25, 0.3) is 0 Å². The van der Waals surface area contributed by atoms with Crippen molar-refractivity contribution < 1.29 is 19.5 Å². The van der Waals surface area contributed by atoms with Crippen LogP contribution in [0.1, 0.15) is 33.6 Å². The van der Waals surface area contributed by atoms with Crippen LogP contribution in [-0.4, -0.2) is 40.9 Å². The standard InChI is InChI=1S/C20H20N2O4/c23-18(21-17-8-4-7-16(13-17)20(25)26)14-9-11-22(12-10-14)19(24)15-5-2-1-3-6-15/h1-8,13-14H,9-12H2,(H,21,23)(H,25,26). The molecule has 2 N–H and O–H groups in total. The molecule has 1 aliphatic heterocycles. The quantitative estimate of drug-likeness (QED) is 0.886. The van der Waals surface area contributed by atoms with Gasteiger partial charge >= 0.3 is 5.97 Å². The van der Waals surface area contributed by atoms with Crippen molar-refractivity contribution in [1.82, 2.24) is 4.90 Å². The summed E-state index contributed by atoms with van der Waals surface area (Å²) < 4.78 is 0. The first-order chi connectivity index (χ1) is 12.5. The Kier molecular flexibility index (Phi) is 5.31. The largest absolute Gasteiger partial charge is 0.478 e. The van der Waals surface area contributed by atoms with Crippen LogP contribution in [0.4, 0.5) is 5.69 Å². The molecule has 1 fully saturated rings. The molecule has 2 amide bonds. The van der Waals surface area contributed by atoms with Crippen molar-refractivity contribution in [3.8, 4) is 0 Å². The molecule has 1 heterocycles. The number of likely N-dealkylation sites (tertiary alicyclic amines) is 1. The van der Waals surface area contributed by atoms with Gasteiger partial charge in [0.15, 0.2) is 0 Å². The zero-order chi connectivity index (χ0) is 18.5. The van der Waals surface area contributed by atoms with Crippen LogP contribution in [0.15, 0.2) is 54.6 Å². The van der Waals surface area contributed by atoms with Crippen molar-refractivity contribution in [2.24, 2.45) is 5.92 Å². The lowest BCUT2D eigenvalue weighted by Gasteiger charge is -2.31. The Labute approximate surface area is 151 Å². The highest BCUT2D eigenvalue weighted by Crippen LogP contribution is 2.21. The van der Waals surface area contributed by atoms with Gasteiger partial charge < -0.3 is 15.3 Å². The molecule has 0 bridgehead atoms. The van der Waals surface area contributed by atoms with E-state index < -0.39 is 5.97 Å². The van der Waals surface area contributed by atoms with Crippen LogP contribution >= 0.6 is 0 Å². The first-order valence-electron chi connectivity index (χ1n) is 8.53. The average Bonchev–Trinajstić information content (AvgIpc) is 2.68. The number of hydrogen-bond acceptors (Lipinski definition) is 3. The lowest BCUT2D eigenvalue weighted by atomic mass is 9.95. The van der Waals surface area contributed by atoms with Crippen LogP contribution in [0.2, 0.25) is 0 Å². The van der Waals surface area contributed by atoms with E-state index in [1.165, 1.54) is 12.1 Å². The molecule has 134 valence electrons. The zero-order valence-electron chi connectivity index (χ0n) is 14.2. The van der Waals surface area contributed by atoms with Gasteiger partial charge in [-0.15, -0.1) is 0 Å². The van der Waals surface area contributed by atoms with Gasteiger partial charge in [0.25, 0.3) is 5.91 Å². The number of carboxylic acid groups (broad SMARTS) is 1. The first-order valence-corrected chi connectivity index (χ1v) is 8.53. The maximum atomic E-state index is 12.4. The van der Waals surface area contributed by atoms with Crippen LogP contribution < -0.4 is 5.32 Å². The Hall–Kier alpha value is -3.15. The van der Waals surface area contributed by atoms with E-state index in [0.29, 0.717) is 37.2 Å². The Balaban J connectivity index is 1.56. The van der Waals surface area contributed by atoms with Crippen molar-refractivity contribution >= 4 is 23.5 Å². The number of hydrogen-bond donors (Lipinski definition) is 2. The number of nitrogens with zero attached hydrogens (tertiary/aromatic N) is 1. The summed E-state index contributed by atoms with van der Waals surface area (Å²) in [6, 6.07) is 15.3. The number of carbonyl (C=O) groups is 3. The highest BCUT2D eigenvalue weighted by atomic mass is 16.4. The minimum atomic E-state index is -1.03. The van der Waals surface area contributed by atoms with Gasteiger partial charge in [-0.2, -0.15) is 0 Å². The third-order valence-corrected chi connectivity index (χ3v) is 4.55. The second kappa shape index (κ2) is 7.82. The number of rotatable bonds is 4. The highest BCUT2D eigenvalue weighted by Gasteiger charge is 2.27. The van der Waals surface area contributed by atoms with Gasteiger partial charge in [0.2, 0.25) is 5.91 Å². The molecule has 0 radical (unpaired) electrons. The third kappa shape index (κ3) is 4.08. The van der Waals surface area contributed by atoms with Crippen LogP contribution in [0.5, 0.6) is 0 Å². The predicted molar refractivity (Wildman–Crippen MR) is 97.1 cm³/mol. The Bertz CT molecular complexity index is 812. The van der Waals surface area contributed by atoms with Crippen LogP contribution in [0, 0.1) is 5.92 Å². The third-order valence-electron chi connectivity index (χ3n) is 4.55. The summed E-state index contributed by atoms with van der Waals surface area (Å²) in [7, 11) is 0. The average molecular weight is 352 g/mol. The number of piperidine rings is 1. The maximum absolute atomic E-state index is 12.4. The summed E-state index contributed by atoms with van der Waals surface area (Å²) in [4.78, 5) is 37.6. The summed E-state index contributed by atoms with van der Waals surface area (Å²) in [5.41, 5.74) is 1.25. The van der Waals surface area contributed by atoms with E-state index in [1.807, 2.05) is 18.2 Å². The fourth-order valence-electron chi connectivity index (χ4n) is 3.08. The molecule has 0 saturated carbocycles. The number of amides is 2. The maximum Gasteiger partial charge on any atom is 0.335 e. The van der Waals surface area contributed by atoms with Crippen molar-refractivity contribution in [2.45, 2.75) is 12.8 Å². The zero-order valence-corrected chi connectivity index (χ0v) is 14.2. The molecule has 0 aromatic heterocycles. The van der Waals surface area contributed by atoms with Crippen molar-refractivity contribution in [2.75, 3.05) is 18.4 Å². The van der Waals surface area contributed by atoms with Gasteiger partial charge in [0.1, 0.15) is 0 Å². The smallest absolute Gasteiger partial charge is 0.335 e. The van der Waals surface area contributed by atoms with Gasteiger partial charge in [0.05, 0.1) is 5.56 Å². The Morgan fingerprint density at radius 3 is 2.23 bits per heavy atom. The fourth-order valence-corrected chi connectivity index (χ4v) is 3.08. The van der Waals surface area contributed by atoms with E-state index in [1.54, 1.807) is 29.2 Å². The SMILES string of the molecule is O=C(O)c1cccc(NC(=O)C2CCN(C(=O)c3ccccc3)CC2)c1. The molecule has 6 heteroatoms. The number of anilines is 1. The fraction of sp³-hybridized carbons (Fsp3) is 0.250. The molecule has 0 aliphatic carbocycles. The topological polar surface area (TPSA) is 86.7 Å². The van der Waals surface area contributed by atoms with E-state index >= 15 is 0 Å². The predicted octanol–water partition coefficient (Wildman–Crippen LogP) is 2.88. The molecule has 3 rings (SSSR count). The molecule has 0 unspecified atom stereocenters. The summed E-state index contributed by atoms with van der Waals surface area (Å²) >= 11 is 0. The minimum Gasteiger partial charge on any atom is -0.478 e. The summed E-state index contributed by atoms with van der Waals surface area (Å²) in [5.74, 6) is -1.38. The summed E-state index contributed by atoms with van der Waals surface area (Å²) in [6.07, 6.45) is 1.17. The van der Waals surface area contributed by atoms with E-state index in [9.17, 15) is 14.4 Å². The van der Waals surface area contributed by atoms with Gasteiger partial charge in [-0.05, 0) is 43.2 Å². The number of carboxylic acids is 1. The molecular weight excluding hydrogens is 332 g/mol. The molecule has 26 heavy (non-hydrogen) atoms. The molecule has 2 aromatic carbocycles. The van der Waals surface area contributed by atoms with Crippen molar-refractivity contribution in [3.05, 3.63) is 65.7 Å². The van der Waals surface area contributed by atoms with Gasteiger partial charge in [-0.1, -0.05) is 24.3 Å². The summed E-state index contributed by atoms with van der Waals surface area (Å²) in [5, 5.41) is 11.8. The lowest BCUT2D eigenvalue weighted by Crippen LogP contribution is -2.41. The molecule has 6 nitrogen and oxygen atoms in total. The van der Waals surface area contributed by atoms with Gasteiger partial charge in [0, 0.05) is 30.3 Å². The highest BCUT2D eigenvalue weighted by molar-refractivity contribution is 5.96. The van der Waals surface area contributed by atoms with E-state index in [2.05, 4.69) is 5.32 Å². The van der Waals surface area contributed by atoms with Crippen LogP contribution in [-0.2, 0) is 4.79 Å². The molecular formula is C20H20N2O4. The van der Waals surface area contributed by atoms with Gasteiger partial charge in [-0.25, -0.2) is 4.79 Å². The Morgan fingerprint density at radius 1 is 0.923 bits per heavy atom. The van der Waals surface area contributed by atoms with E-state index in [0.717, 1.165) is 0 Å². The second-order valence-electron chi connectivity index (χ2n) is 6.31. The number of carbonyl (C=O) groups excluding carboxylic acids is 2. The lowest BCUT2D eigenvalue weighted by molar-refractivity contribution is -0.121. The monoisotopic (exact) mass is 352 g/mol. The summed E-state index contributed by atoms with van der Waals surface area (Å²) in [6.45, 7) is 1.06. The molecule has 0 spiro atoms. The van der Waals surface area contributed by atoms with E-state index in [-0.39, 0.29) is 23.3 Å². The number of nitrogens with one attached hydrogen (secondary N) is 1.